The summed E-state index contributed by atoms with van der Waals surface area (Å²) in [6.07, 6.45) is 0. The normalized spacial score (nSPS) is 9.96. The highest BCUT2D eigenvalue weighted by Gasteiger charge is 2.07. The number of carbonyl (C=O) groups excluding carboxylic acids is 3. The van der Waals surface area contributed by atoms with Gasteiger partial charge in [-0.1, -0.05) is 12.1 Å². The van der Waals surface area contributed by atoms with Crippen molar-refractivity contribution in [2.24, 2.45) is 5.73 Å². The Bertz CT molecular complexity index is 760. The van der Waals surface area contributed by atoms with Crippen LogP contribution in [0.3, 0.4) is 0 Å². The minimum absolute atomic E-state index is 0.230. The van der Waals surface area contributed by atoms with Crippen molar-refractivity contribution in [3.63, 3.8) is 0 Å². The first-order valence-corrected chi connectivity index (χ1v) is 7.40. The summed E-state index contributed by atoms with van der Waals surface area (Å²) in [6, 6.07) is 11.5. The zero-order valence-electron chi connectivity index (χ0n) is 13.2. The molecule has 0 aliphatic heterocycles. The molecule has 2 rings (SSSR count). The molecule has 7 nitrogen and oxygen atoms in total. The van der Waals surface area contributed by atoms with Crippen LogP contribution in [0.25, 0.3) is 0 Å². The second-order valence-corrected chi connectivity index (χ2v) is 5.16. The van der Waals surface area contributed by atoms with Gasteiger partial charge in [0.1, 0.15) is 5.82 Å². The number of nitrogens with one attached hydrogen (secondary N) is 3. The van der Waals surface area contributed by atoms with Crippen LogP contribution in [0.5, 0.6) is 0 Å². The molecular weight excluding hydrogens is 327 g/mol. The van der Waals surface area contributed by atoms with Gasteiger partial charge in [0.2, 0.25) is 5.91 Å². The van der Waals surface area contributed by atoms with Crippen LogP contribution >= 0.6 is 0 Å². The first-order chi connectivity index (χ1) is 11.9. The number of hydrogen-bond acceptors (Lipinski definition) is 3. The minimum atomic E-state index is -0.624. The number of nitrogens with two attached hydrogens (primary N) is 1. The van der Waals surface area contributed by atoms with Crippen molar-refractivity contribution < 1.29 is 18.8 Å². The quantitative estimate of drug-likeness (QED) is 0.634. The molecule has 0 aromatic heterocycles. The molecule has 0 fully saturated rings. The van der Waals surface area contributed by atoms with Crippen LogP contribution in [-0.2, 0) is 11.3 Å². The molecule has 25 heavy (non-hydrogen) atoms. The lowest BCUT2D eigenvalue weighted by Gasteiger charge is -2.08. The van der Waals surface area contributed by atoms with E-state index in [0.29, 0.717) is 11.3 Å². The number of amides is 4. The molecule has 0 atom stereocenters. The lowest BCUT2D eigenvalue weighted by molar-refractivity contribution is -0.117. The Labute approximate surface area is 143 Å². The highest BCUT2D eigenvalue weighted by Crippen LogP contribution is 2.08. The summed E-state index contributed by atoms with van der Waals surface area (Å²) in [7, 11) is 0. The lowest BCUT2D eigenvalue weighted by Crippen LogP contribution is -2.33. The zero-order valence-corrected chi connectivity index (χ0v) is 13.2. The highest BCUT2D eigenvalue weighted by molar-refractivity contribution is 5.96. The fourth-order valence-electron chi connectivity index (χ4n) is 1.93. The maximum atomic E-state index is 12.8. The van der Waals surface area contributed by atoms with E-state index in [1.54, 1.807) is 24.3 Å². The topological polar surface area (TPSA) is 113 Å². The number of anilines is 1. The number of halogens is 1. The Morgan fingerprint density at radius 3 is 2.16 bits per heavy atom. The van der Waals surface area contributed by atoms with E-state index in [1.807, 2.05) is 0 Å². The smallest absolute Gasteiger partial charge is 0.319 e. The Morgan fingerprint density at radius 2 is 1.56 bits per heavy atom. The van der Waals surface area contributed by atoms with Crippen LogP contribution in [0.15, 0.2) is 48.5 Å². The molecule has 2 aromatic carbocycles. The van der Waals surface area contributed by atoms with Crippen LogP contribution in [-0.4, -0.2) is 24.4 Å². The molecule has 5 N–H and O–H groups in total. The minimum Gasteiger partial charge on any atom is -0.368 e. The molecule has 8 heteroatoms. The summed E-state index contributed by atoms with van der Waals surface area (Å²) in [5.74, 6) is -1.42. The SMILES string of the molecule is NC(=O)CNC(=O)c1ccc(CNC(=O)Nc2ccc(F)cc2)cc1. The van der Waals surface area contributed by atoms with Crippen LogP contribution in [0.1, 0.15) is 15.9 Å². The molecule has 0 saturated heterocycles. The van der Waals surface area contributed by atoms with Gasteiger partial charge in [-0.15, -0.1) is 0 Å². The fourth-order valence-corrected chi connectivity index (χ4v) is 1.93. The van der Waals surface area contributed by atoms with E-state index < -0.39 is 17.8 Å². The number of hydrogen-bond donors (Lipinski definition) is 4. The fraction of sp³-hybridized carbons (Fsp3) is 0.118. The number of urea groups is 1. The van der Waals surface area contributed by atoms with E-state index in [2.05, 4.69) is 16.0 Å². The number of rotatable bonds is 6. The molecule has 0 bridgehead atoms. The average molecular weight is 344 g/mol. The molecule has 4 amide bonds. The summed E-state index contributed by atoms with van der Waals surface area (Å²) < 4.78 is 12.8. The predicted molar refractivity (Wildman–Crippen MR) is 90.2 cm³/mol. The van der Waals surface area contributed by atoms with E-state index in [9.17, 15) is 18.8 Å². The molecular formula is C17H17FN4O3. The lowest BCUT2D eigenvalue weighted by atomic mass is 10.1. The third-order valence-corrected chi connectivity index (χ3v) is 3.19. The monoisotopic (exact) mass is 344 g/mol. The van der Waals surface area contributed by atoms with Gasteiger partial charge in [0, 0.05) is 17.8 Å². The van der Waals surface area contributed by atoms with E-state index in [1.165, 1.54) is 24.3 Å². The van der Waals surface area contributed by atoms with Gasteiger partial charge in [0.15, 0.2) is 0 Å². The van der Waals surface area contributed by atoms with Crippen molar-refractivity contribution in [3.8, 4) is 0 Å². The Hall–Kier alpha value is -3.42. The van der Waals surface area contributed by atoms with Gasteiger partial charge in [-0.3, -0.25) is 9.59 Å². The van der Waals surface area contributed by atoms with Crippen molar-refractivity contribution in [1.82, 2.24) is 10.6 Å². The summed E-state index contributed by atoms with van der Waals surface area (Å²) in [4.78, 5) is 34.1. The molecule has 0 spiro atoms. The first kappa shape index (κ1) is 17.9. The number of benzene rings is 2. The number of primary amides is 1. The van der Waals surface area contributed by atoms with Crippen molar-refractivity contribution >= 4 is 23.5 Å². The third-order valence-electron chi connectivity index (χ3n) is 3.19. The molecule has 130 valence electrons. The molecule has 0 heterocycles. The molecule has 2 aromatic rings. The van der Waals surface area contributed by atoms with Crippen molar-refractivity contribution in [2.45, 2.75) is 6.54 Å². The van der Waals surface area contributed by atoms with Gasteiger partial charge >= 0.3 is 6.03 Å². The van der Waals surface area contributed by atoms with Crippen LogP contribution in [0.4, 0.5) is 14.9 Å². The van der Waals surface area contributed by atoms with Gasteiger partial charge in [0.25, 0.3) is 5.91 Å². The Kier molecular flexibility index (Phi) is 6.05. The van der Waals surface area contributed by atoms with Gasteiger partial charge < -0.3 is 21.7 Å². The molecule has 0 radical (unpaired) electrons. The van der Waals surface area contributed by atoms with Crippen molar-refractivity contribution in [1.29, 1.82) is 0 Å². The van der Waals surface area contributed by atoms with Gasteiger partial charge in [-0.05, 0) is 42.0 Å². The summed E-state index contributed by atoms with van der Waals surface area (Å²) in [5.41, 5.74) is 6.58. The number of carbonyl (C=O) groups is 3. The van der Waals surface area contributed by atoms with Crippen LogP contribution in [0, 0.1) is 5.82 Å². The molecule has 0 aliphatic rings. The predicted octanol–water partition coefficient (Wildman–Crippen LogP) is 1.36. The van der Waals surface area contributed by atoms with Gasteiger partial charge in [0.05, 0.1) is 6.54 Å². The Balaban J connectivity index is 1.82. The first-order valence-electron chi connectivity index (χ1n) is 7.40. The standard InChI is InChI=1S/C17H17FN4O3/c18-13-5-7-14(8-6-13)22-17(25)21-9-11-1-3-12(4-2-11)16(24)20-10-15(19)23/h1-8H,9-10H2,(H2,19,23)(H,20,24)(H2,21,22,25). The summed E-state index contributed by atoms with van der Waals surface area (Å²) in [6.45, 7) is 0.0158. The third kappa shape index (κ3) is 5.94. The zero-order chi connectivity index (χ0) is 18.2. The highest BCUT2D eigenvalue weighted by atomic mass is 19.1. The average Bonchev–Trinajstić information content (AvgIpc) is 2.60. The van der Waals surface area contributed by atoms with E-state index >= 15 is 0 Å². The maximum Gasteiger partial charge on any atom is 0.319 e. The largest absolute Gasteiger partial charge is 0.368 e. The van der Waals surface area contributed by atoms with Crippen LogP contribution < -0.4 is 21.7 Å². The van der Waals surface area contributed by atoms with Crippen molar-refractivity contribution in [2.75, 3.05) is 11.9 Å². The van der Waals surface area contributed by atoms with Gasteiger partial charge in [-0.2, -0.15) is 0 Å². The molecule has 0 unspecified atom stereocenters. The summed E-state index contributed by atoms with van der Waals surface area (Å²) in [5, 5.41) is 7.60. The second kappa shape index (κ2) is 8.44. The van der Waals surface area contributed by atoms with Crippen LogP contribution in [0.2, 0.25) is 0 Å². The molecule has 0 aliphatic carbocycles. The second-order valence-electron chi connectivity index (χ2n) is 5.16. The van der Waals surface area contributed by atoms with E-state index in [0.717, 1.165) is 5.56 Å². The van der Waals surface area contributed by atoms with E-state index in [4.69, 9.17) is 5.73 Å². The van der Waals surface area contributed by atoms with Gasteiger partial charge in [-0.25, -0.2) is 9.18 Å². The Morgan fingerprint density at radius 1 is 0.920 bits per heavy atom. The summed E-state index contributed by atoms with van der Waals surface area (Å²) >= 11 is 0. The maximum absolute atomic E-state index is 12.8. The molecule has 0 saturated carbocycles. The van der Waals surface area contributed by atoms with Crippen molar-refractivity contribution in [3.05, 3.63) is 65.5 Å². The van der Waals surface area contributed by atoms with E-state index in [-0.39, 0.29) is 18.9 Å².